The maximum atomic E-state index is 12.1. The van der Waals surface area contributed by atoms with Crippen molar-refractivity contribution in [2.45, 2.75) is 6.92 Å². The van der Waals surface area contributed by atoms with Crippen molar-refractivity contribution >= 4 is 34.8 Å². The average molecular weight is 469 g/mol. The molecule has 2 N–H and O–H groups in total. The summed E-state index contributed by atoms with van der Waals surface area (Å²) in [4.78, 5) is 36.7. The third kappa shape index (κ3) is 7.65. The highest BCUT2D eigenvalue weighted by atomic mass is 32.1. The fourth-order valence-corrected chi connectivity index (χ4v) is 3.33. The third-order valence-electron chi connectivity index (χ3n) is 4.29. The van der Waals surface area contributed by atoms with Gasteiger partial charge in [0.15, 0.2) is 6.61 Å². The standard InChI is InChI=1S/C24H24N2O6S/c1-2-30-19-9-11-20(12-10-19)31-14-13-25-22(27)16-32-24(29)17-5-7-18(8-6-17)26-23(28)21-4-3-15-33-21/h3-12,15H,2,13-14,16H2,1H3,(H,25,27)(H,26,28). The molecule has 9 heteroatoms. The van der Waals surface area contributed by atoms with Gasteiger partial charge in [0.05, 0.1) is 23.6 Å². The molecule has 0 spiro atoms. The molecule has 0 bridgehead atoms. The Kier molecular flexibility index (Phi) is 8.84. The van der Waals surface area contributed by atoms with Crippen molar-refractivity contribution in [2.75, 3.05) is 31.7 Å². The molecule has 0 saturated carbocycles. The Morgan fingerprint density at radius 3 is 2.24 bits per heavy atom. The lowest BCUT2D eigenvalue weighted by molar-refractivity contribution is -0.124. The van der Waals surface area contributed by atoms with Gasteiger partial charge in [-0.1, -0.05) is 6.07 Å². The molecule has 3 aromatic rings. The molecule has 1 heterocycles. The number of benzene rings is 2. The SMILES string of the molecule is CCOc1ccc(OCCNC(=O)COC(=O)c2ccc(NC(=O)c3cccs3)cc2)cc1. The largest absolute Gasteiger partial charge is 0.494 e. The number of anilines is 1. The van der Waals surface area contributed by atoms with E-state index in [1.165, 1.54) is 23.5 Å². The zero-order valence-electron chi connectivity index (χ0n) is 18.0. The molecule has 8 nitrogen and oxygen atoms in total. The molecular formula is C24H24N2O6S. The smallest absolute Gasteiger partial charge is 0.338 e. The van der Waals surface area contributed by atoms with E-state index in [4.69, 9.17) is 14.2 Å². The molecular weight excluding hydrogens is 444 g/mol. The van der Waals surface area contributed by atoms with Crippen LogP contribution in [0.15, 0.2) is 66.0 Å². The van der Waals surface area contributed by atoms with Gasteiger partial charge < -0.3 is 24.8 Å². The monoisotopic (exact) mass is 468 g/mol. The lowest BCUT2D eigenvalue weighted by atomic mass is 10.2. The van der Waals surface area contributed by atoms with Gasteiger partial charge in [-0.15, -0.1) is 11.3 Å². The lowest BCUT2D eigenvalue weighted by Crippen LogP contribution is -2.32. The van der Waals surface area contributed by atoms with Gasteiger partial charge in [-0.25, -0.2) is 4.79 Å². The summed E-state index contributed by atoms with van der Waals surface area (Å²) in [6.45, 7) is 2.64. The van der Waals surface area contributed by atoms with E-state index in [0.29, 0.717) is 22.9 Å². The van der Waals surface area contributed by atoms with E-state index in [0.717, 1.165) is 5.75 Å². The molecule has 0 unspecified atom stereocenters. The predicted octanol–water partition coefficient (Wildman–Crippen LogP) is 3.75. The van der Waals surface area contributed by atoms with Crippen LogP contribution < -0.4 is 20.1 Å². The zero-order valence-corrected chi connectivity index (χ0v) is 18.9. The number of nitrogens with one attached hydrogen (secondary N) is 2. The predicted molar refractivity (Wildman–Crippen MR) is 125 cm³/mol. The molecule has 3 rings (SSSR count). The van der Waals surface area contributed by atoms with Gasteiger partial charge in [0.2, 0.25) is 0 Å². The summed E-state index contributed by atoms with van der Waals surface area (Å²) in [6.07, 6.45) is 0. The fraction of sp³-hybridized carbons (Fsp3) is 0.208. The summed E-state index contributed by atoms with van der Waals surface area (Å²) in [5, 5.41) is 7.19. The minimum atomic E-state index is -0.632. The van der Waals surface area contributed by atoms with Crippen LogP contribution in [0, 0.1) is 0 Å². The number of thiophene rings is 1. The molecule has 0 aliphatic carbocycles. The molecule has 2 amide bonds. The van der Waals surface area contributed by atoms with Crippen LogP contribution in [0.25, 0.3) is 0 Å². The Hall–Kier alpha value is -3.85. The van der Waals surface area contributed by atoms with Crippen LogP contribution in [0.5, 0.6) is 11.5 Å². The van der Waals surface area contributed by atoms with Crippen molar-refractivity contribution in [3.05, 3.63) is 76.5 Å². The van der Waals surface area contributed by atoms with Crippen LogP contribution in [0.4, 0.5) is 5.69 Å². The van der Waals surface area contributed by atoms with Crippen LogP contribution in [0.2, 0.25) is 0 Å². The average Bonchev–Trinajstić information content (AvgIpc) is 3.37. The van der Waals surface area contributed by atoms with E-state index in [2.05, 4.69) is 10.6 Å². The van der Waals surface area contributed by atoms with Crippen molar-refractivity contribution in [3.8, 4) is 11.5 Å². The molecule has 0 radical (unpaired) electrons. The van der Waals surface area contributed by atoms with Crippen LogP contribution >= 0.6 is 11.3 Å². The van der Waals surface area contributed by atoms with Crippen molar-refractivity contribution in [3.63, 3.8) is 0 Å². The van der Waals surface area contributed by atoms with Crippen LogP contribution in [-0.2, 0) is 9.53 Å². The van der Waals surface area contributed by atoms with Crippen molar-refractivity contribution in [1.82, 2.24) is 5.32 Å². The lowest BCUT2D eigenvalue weighted by Gasteiger charge is -2.09. The Morgan fingerprint density at radius 2 is 1.61 bits per heavy atom. The number of hydrogen-bond donors (Lipinski definition) is 2. The highest BCUT2D eigenvalue weighted by molar-refractivity contribution is 7.12. The quantitative estimate of drug-likeness (QED) is 0.328. The minimum Gasteiger partial charge on any atom is -0.494 e. The number of esters is 1. The first-order chi connectivity index (χ1) is 16.0. The van der Waals surface area contributed by atoms with Crippen LogP contribution in [-0.4, -0.2) is 44.1 Å². The number of hydrogen-bond acceptors (Lipinski definition) is 7. The van der Waals surface area contributed by atoms with Gasteiger partial charge in [-0.05, 0) is 66.9 Å². The first-order valence-electron chi connectivity index (χ1n) is 10.3. The number of amides is 2. The Labute approximate surface area is 195 Å². The fourth-order valence-electron chi connectivity index (χ4n) is 2.71. The molecule has 0 aliphatic heterocycles. The highest BCUT2D eigenvalue weighted by Crippen LogP contribution is 2.17. The maximum Gasteiger partial charge on any atom is 0.338 e. The summed E-state index contributed by atoms with van der Waals surface area (Å²) in [5.74, 6) is 0.140. The summed E-state index contributed by atoms with van der Waals surface area (Å²) in [6, 6.07) is 16.9. The Bertz CT molecular complexity index is 1050. The first kappa shape index (κ1) is 23.8. The van der Waals surface area contributed by atoms with Gasteiger partial charge >= 0.3 is 5.97 Å². The maximum absolute atomic E-state index is 12.1. The number of ether oxygens (including phenoxy) is 3. The van der Waals surface area contributed by atoms with Gasteiger partial charge in [-0.2, -0.15) is 0 Å². The number of carbonyl (C=O) groups is 3. The van der Waals surface area contributed by atoms with E-state index < -0.39 is 18.5 Å². The molecule has 0 fully saturated rings. The van der Waals surface area contributed by atoms with Crippen molar-refractivity contribution in [1.29, 1.82) is 0 Å². The molecule has 0 atom stereocenters. The molecule has 172 valence electrons. The Balaban J connectivity index is 1.34. The van der Waals surface area contributed by atoms with Gasteiger partial charge in [-0.3, -0.25) is 9.59 Å². The second kappa shape index (κ2) is 12.3. The highest BCUT2D eigenvalue weighted by Gasteiger charge is 2.11. The zero-order chi connectivity index (χ0) is 23.5. The molecule has 0 aliphatic rings. The van der Waals surface area contributed by atoms with Gasteiger partial charge in [0.1, 0.15) is 18.1 Å². The van der Waals surface area contributed by atoms with Crippen LogP contribution in [0.1, 0.15) is 27.0 Å². The van der Waals surface area contributed by atoms with E-state index in [1.54, 1.807) is 48.5 Å². The summed E-state index contributed by atoms with van der Waals surface area (Å²) in [7, 11) is 0. The second-order valence-corrected chi connectivity index (χ2v) is 7.64. The molecule has 1 aromatic heterocycles. The summed E-state index contributed by atoms with van der Waals surface area (Å²) < 4.78 is 15.9. The Morgan fingerprint density at radius 1 is 0.909 bits per heavy atom. The second-order valence-electron chi connectivity index (χ2n) is 6.69. The summed E-state index contributed by atoms with van der Waals surface area (Å²) >= 11 is 1.34. The molecule has 2 aromatic carbocycles. The first-order valence-corrected chi connectivity index (χ1v) is 11.2. The number of rotatable bonds is 11. The van der Waals surface area contributed by atoms with Crippen LogP contribution in [0.3, 0.4) is 0 Å². The normalized spacial score (nSPS) is 10.2. The van der Waals surface area contributed by atoms with Gasteiger partial charge in [0, 0.05) is 5.69 Å². The minimum absolute atomic E-state index is 0.219. The molecule has 33 heavy (non-hydrogen) atoms. The van der Waals surface area contributed by atoms with Gasteiger partial charge in [0.25, 0.3) is 11.8 Å². The van der Waals surface area contributed by atoms with E-state index in [1.807, 2.05) is 12.3 Å². The van der Waals surface area contributed by atoms with E-state index >= 15 is 0 Å². The third-order valence-corrected chi connectivity index (χ3v) is 5.15. The van der Waals surface area contributed by atoms with Crippen molar-refractivity contribution in [2.24, 2.45) is 0 Å². The van der Waals surface area contributed by atoms with E-state index in [9.17, 15) is 14.4 Å². The topological polar surface area (TPSA) is 103 Å². The number of carbonyl (C=O) groups excluding carboxylic acids is 3. The van der Waals surface area contributed by atoms with Crippen molar-refractivity contribution < 1.29 is 28.6 Å². The summed E-state index contributed by atoms with van der Waals surface area (Å²) in [5.41, 5.74) is 0.825. The molecule has 0 saturated heterocycles. The van der Waals surface area contributed by atoms with E-state index in [-0.39, 0.29) is 24.6 Å².